The predicted octanol–water partition coefficient (Wildman–Crippen LogP) is 4.21. The van der Waals surface area contributed by atoms with Crippen LogP contribution in [0.4, 0.5) is 5.69 Å². The summed E-state index contributed by atoms with van der Waals surface area (Å²) in [5.41, 5.74) is 1.11. The van der Waals surface area contributed by atoms with E-state index in [4.69, 9.17) is 9.47 Å². The van der Waals surface area contributed by atoms with Crippen molar-refractivity contribution in [2.45, 2.75) is 38.6 Å². The quantitative estimate of drug-likeness (QED) is 0.883. The van der Waals surface area contributed by atoms with Crippen LogP contribution in [0.1, 0.15) is 32.6 Å². The molecule has 1 aliphatic carbocycles. The molecule has 2 aliphatic rings. The van der Waals surface area contributed by atoms with Gasteiger partial charge in [0.2, 0.25) is 0 Å². The van der Waals surface area contributed by atoms with Crippen molar-refractivity contribution in [3.8, 4) is 11.5 Å². The highest BCUT2D eigenvalue weighted by Crippen LogP contribution is 2.39. The Morgan fingerprint density at radius 1 is 1.05 bits per heavy atom. The van der Waals surface area contributed by atoms with Gasteiger partial charge in [0.15, 0.2) is 11.5 Å². The number of anilines is 1. The van der Waals surface area contributed by atoms with Gasteiger partial charge in [-0.15, -0.1) is 0 Å². The Bertz CT molecular complexity index is 456. The van der Waals surface area contributed by atoms with Gasteiger partial charge in [0.05, 0.1) is 5.69 Å². The second-order valence-corrected chi connectivity index (χ2v) is 6.43. The Kier molecular flexibility index (Phi) is 3.87. The van der Waals surface area contributed by atoms with E-state index < -0.39 is 0 Å². The second kappa shape index (κ2) is 5.61. The number of fused-ring (bicyclic) bond motifs is 1. The third kappa shape index (κ3) is 2.99. The number of rotatable bonds is 2. The lowest BCUT2D eigenvalue weighted by Crippen LogP contribution is -2.25. The van der Waals surface area contributed by atoms with Crippen molar-refractivity contribution in [2.75, 3.05) is 18.5 Å². The molecule has 1 saturated carbocycles. The fraction of sp³-hybridized carbons (Fsp3) is 0.600. The van der Waals surface area contributed by atoms with Crippen LogP contribution in [0.2, 0.25) is 0 Å². The summed E-state index contributed by atoms with van der Waals surface area (Å²) < 4.78 is 12.3. The fourth-order valence-corrected chi connectivity index (χ4v) is 3.24. The highest BCUT2D eigenvalue weighted by atomic mass is 79.9. The Morgan fingerprint density at radius 2 is 1.68 bits per heavy atom. The molecule has 4 heteroatoms. The second-order valence-electron chi connectivity index (χ2n) is 5.58. The predicted molar refractivity (Wildman–Crippen MR) is 80.2 cm³/mol. The molecule has 1 N–H and O–H groups in total. The topological polar surface area (TPSA) is 30.5 Å². The zero-order valence-corrected chi connectivity index (χ0v) is 12.8. The van der Waals surface area contributed by atoms with Gasteiger partial charge in [-0.3, -0.25) is 0 Å². The third-order valence-electron chi connectivity index (χ3n) is 4.01. The van der Waals surface area contributed by atoms with E-state index in [-0.39, 0.29) is 0 Å². The summed E-state index contributed by atoms with van der Waals surface area (Å²) >= 11 is 3.62. The molecular formula is C15H20BrNO2. The largest absolute Gasteiger partial charge is 0.486 e. The summed E-state index contributed by atoms with van der Waals surface area (Å²) in [5, 5.41) is 3.64. The Hall–Kier alpha value is -0.900. The van der Waals surface area contributed by atoms with Crippen molar-refractivity contribution in [3.05, 3.63) is 16.6 Å². The van der Waals surface area contributed by atoms with Gasteiger partial charge in [-0.2, -0.15) is 0 Å². The highest BCUT2D eigenvalue weighted by Gasteiger charge is 2.20. The summed E-state index contributed by atoms with van der Waals surface area (Å²) in [4.78, 5) is 0. The standard InChI is InChI=1S/C15H20BrNO2/c1-10-2-4-11(5-3-10)17-13-9-15-14(8-12(13)16)18-6-7-19-15/h8-11,17H,2-7H2,1H3. The molecule has 0 radical (unpaired) electrons. The maximum absolute atomic E-state index is 5.64. The Balaban J connectivity index is 1.73. The molecule has 0 spiro atoms. The number of halogens is 1. The summed E-state index contributed by atoms with van der Waals surface area (Å²) in [6.07, 6.45) is 5.14. The lowest BCUT2D eigenvalue weighted by atomic mass is 9.87. The normalized spacial score (nSPS) is 26.0. The Labute approximate surface area is 122 Å². The molecule has 1 heterocycles. The monoisotopic (exact) mass is 325 g/mol. The van der Waals surface area contributed by atoms with Gasteiger partial charge in [0, 0.05) is 22.6 Å². The molecule has 1 aliphatic heterocycles. The SMILES string of the molecule is CC1CCC(Nc2cc3c(cc2Br)OCCO3)CC1. The molecule has 1 fully saturated rings. The molecule has 3 nitrogen and oxygen atoms in total. The average Bonchev–Trinajstić information content (AvgIpc) is 2.42. The van der Waals surface area contributed by atoms with Crippen LogP contribution in [-0.2, 0) is 0 Å². The molecule has 0 aromatic heterocycles. The van der Waals surface area contributed by atoms with Crippen LogP contribution in [0.25, 0.3) is 0 Å². The van der Waals surface area contributed by atoms with E-state index in [1.807, 2.05) is 6.07 Å². The molecule has 104 valence electrons. The van der Waals surface area contributed by atoms with Crippen molar-refractivity contribution >= 4 is 21.6 Å². The number of hydrogen-bond acceptors (Lipinski definition) is 3. The lowest BCUT2D eigenvalue weighted by Gasteiger charge is -2.29. The first-order valence-corrected chi connectivity index (χ1v) is 7.87. The van der Waals surface area contributed by atoms with Crippen LogP contribution in [-0.4, -0.2) is 19.3 Å². The van der Waals surface area contributed by atoms with Crippen LogP contribution in [0.5, 0.6) is 11.5 Å². The third-order valence-corrected chi connectivity index (χ3v) is 4.66. The summed E-state index contributed by atoms with van der Waals surface area (Å²) in [6.45, 7) is 3.61. The maximum Gasteiger partial charge on any atom is 0.163 e. The van der Waals surface area contributed by atoms with Gasteiger partial charge >= 0.3 is 0 Å². The molecule has 1 aromatic carbocycles. The molecule has 0 bridgehead atoms. The van der Waals surface area contributed by atoms with E-state index in [1.165, 1.54) is 25.7 Å². The van der Waals surface area contributed by atoms with Crippen molar-refractivity contribution in [1.82, 2.24) is 0 Å². The molecule has 0 saturated heterocycles. The van der Waals surface area contributed by atoms with E-state index in [9.17, 15) is 0 Å². The van der Waals surface area contributed by atoms with E-state index in [1.54, 1.807) is 0 Å². The fourth-order valence-electron chi connectivity index (χ4n) is 2.80. The van der Waals surface area contributed by atoms with Crippen molar-refractivity contribution in [2.24, 2.45) is 5.92 Å². The molecular weight excluding hydrogens is 306 g/mol. The van der Waals surface area contributed by atoms with Crippen LogP contribution in [0.3, 0.4) is 0 Å². The van der Waals surface area contributed by atoms with Gasteiger partial charge in [-0.1, -0.05) is 6.92 Å². The summed E-state index contributed by atoms with van der Waals surface area (Å²) in [5.74, 6) is 2.56. The molecule has 3 rings (SSSR count). The van der Waals surface area contributed by atoms with E-state index in [0.717, 1.165) is 27.6 Å². The molecule has 0 unspecified atom stereocenters. The van der Waals surface area contributed by atoms with Crippen LogP contribution in [0, 0.1) is 5.92 Å². The number of nitrogens with one attached hydrogen (secondary N) is 1. The highest BCUT2D eigenvalue weighted by molar-refractivity contribution is 9.10. The molecule has 0 amide bonds. The van der Waals surface area contributed by atoms with Crippen LogP contribution in [0.15, 0.2) is 16.6 Å². The number of hydrogen-bond donors (Lipinski definition) is 1. The summed E-state index contributed by atoms with van der Waals surface area (Å²) in [7, 11) is 0. The van der Waals surface area contributed by atoms with Gasteiger partial charge in [0.25, 0.3) is 0 Å². The minimum absolute atomic E-state index is 0.579. The lowest BCUT2D eigenvalue weighted by molar-refractivity contribution is 0.171. The van der Waals surface area contributed by atoms with E-state index in [2.05, 4.69) is 34.2 Å². The average molecular weight is 326 g/mol. The number of benzene rings is 1. The van der Waals surface area contributed by atoms with E-state index in [0.29, 0.717) is 19.3 Å². The van der Waals surface area contributed by atoms with Gasteiger partial charge in [0.1, 0.15) is 13.2 Å². The minimum Gasteiger partial charge on any atom is -0.486 e. The van der Waals surface area contributed by atoms with Crippen molar-refractivity contribution in [3.63, 3.8) is 0 Å². The van der Waals surface area contributed by atoms with Gasteiger partial charge < -0.3 is 14.8 Å². The first kappa shape index (κ1) is 13.1. The first-order chi connectivity index (χ1) is 9.22. The first-order valence-electron chi connectivity index (χ1n) is 7.08. The van der Waals surface area contributed by atoms with Crippen molar-refractivity contribution < 1.29 is 9.47 Å². The van der Waals surface area contributed by atoms with Gasteiger partial charge in [-0.05, 0) is 47.5 Å². The van der Waals surface area contributed by atoms with E-state index >= 15 is 0 Å². The smallest absolute Gasteiger partial charge is 0.163 e. The Morgan fingerprint density at radius 3 is 2.37 bits per heavy atom. The van der Waals surface area contributed by atoms with Crippen molar-refractivity contribution in [1.29, 1.82) is 0 Å². The minimum atomic E-state index is 0.579. The van der Waals surface area contributed by atoms with Crippen LogP contribution < -0.4 is 14.8 Å². The van der Waals surface area contributed by atoms with Crippen LogP contribution >= 0.6 is 15.9 Å². The summed E-state index contributed by atoms with van der Waals surface area (Å²) in [6, 6.07) is 4.63. The zero-order chi connectivity index (χ0) is 13.2. The molecule has 19 heavy (non-hydrogen) atoms. The molecule has 0 atom stereocenters. The molecule has 1 aromatic rings. The van der Waals surface area contributed by atoms with Gasteiger partial charge in [-0.25, -0.2) is 0 Å². The maximum atomic E-state index is 5.64. The zero-order valence-electron chi connectivity index (χ0n) is 11.2. The number of ether oxygens (including phenoxy) is 2.